The third-order valence-corrected chi connectivity index (χ3v) is 4.78. The number of pyridine rings is 1. The maximum absolute atomic E-state index is 11.9. The Morgan fingerprint density at radius 2 is 2.42 bits per heavy atom. The molecule has 0 bridgehead atoms. The quantitative estimate of drug-likeness (QED) is 0.900. The lowest BCUT2D eigenvalue weighted by atomic mass is 9.95. The number of amides is 1. The average Bonchev–Trinajstić information content (AvgIpc) is 2.46. The van der Waals surface area contributed by atoms with E-state index in [9.17, 15) is 4.79 Å². The molecule has 1 aliphatic carbocycles. The highest BCUT2D eigenvalue weighted by Gasteiger charge is 2.22. The van der Waals surface area contributed by atoms with E-state index in [2.05, 4.69) is 16.6 Å². The van der Waals surface area contributed by atoms with Crippen molar-refractivity contribution in [2.75, 3.05) is 6.26 Å². The van der Waals surface area contributed by atoms with Crippen LogP contribution in [-0.4, -0.2) is 28.4 Å². The Morgan fingerprint density at radius 3 is 3.16 bits per heavy atom. The predicted molar refractivity (Wildman–Crippen MR) is 80.3 cm³/mol. The van der Waals surface area contributed by atoms with Crippen molar-refractivity contribution >= 4 is 17.7 Å². The molecular weight excluding hydrogens is 256 g/mol. The SMILES string of the molecule is CS[C@@H]1CCC[C@H](NC(=O)CCc2cccnc2)C1. The number of hydrogen-bond donors (Lipinski definition) is 1. The summed E-state index contributed by atoms with van der Waals surface area (Å²) in [4.78, 5) is 16.0. The largest absolute Gasteiger partial charge is 0.353 e. The van der Waals surface area contributed by atoms with E-state index in [1.807, 2.05) is 30.1 Å². The first-order valence-electron chi connectivity index (χ1n) is 6.99. The van der Waals surface area contributed by atoms with Crippen LogP contribution in [0.25, 0.3) is 0 Å². The van der Waals surface area contributed by atoms with Crippen molar-refractivity contribution in [1.29, 1.82) is 0 Å². The van der Waals surface area contributed by atoms with E-state index in [1.165, 1.54) is 12.8 Å². The Morgan fingerprint density at radius 1 is 1.53 bits per heavy atom. The number of thioether (sulfide) groups is 1. The van der Waals surface area contributed by atoms with Crippen LogP contribution < -0.4 is 5.32 Å². The van der Waals surface area contributed by atoms with Gasteiger partial charge in [0.2, 0.25) is 5.91 Å². The Hall–Kier alpha value is -1.03. The van der Waals surface area contributed by atoms with Crippen LogP contribution in [0.1, 0.15) is 37.7 Å². The number of carbonyl (C=O) groups is 1. The monoisotopic (exact) mass is 278 g/mol. The van der Waals surface area contributed by atoms with Gasteiger partial charge in [0.1, 0.15) is 0 Å². The van der Waals surface area contributed by atoms with Gasteiger partial charge in [0.05, 0.1) is 0 Å². The molecule has 1 aliphatic rings. The molecule has 2 rings (SSSR count). The second-order valence-corrected chi connectivity index (χ2v) is 6.29. The van der Waals surface area contributed by atoms with Gasteiger partial charge in [0, 0.05) is 30.1 Å². The molecule has 3 nitrogen and oxygen atoms in total. The van der Waals surface area contributed by atoms with Crippen molar-refractivity contribution in [2.24, 2.45) is 0 Å². The average molecular weight is 278 g/mol. The van der Waals surface area contributed by atoms with E-state index in [1.54, 1.807) is 6.20 Å². The third kappa shape index (κ3) is 4.86. The summed E-state index contributed by atoms with van der Waals surface area (Å²) in [6.45, 7) is 0. The molecule has 0 radical (unpaired) electrons. The molecule has 2 atom stereocenters. The second-order valence-electron chi connectivity index (χ2n) is 5.15. The molecule has 1 aromatic heterocycles. The lowest BCUT2D eigenvalue weighted by molar-refractivity contribution is -0.121. The number of rotatable bonds is 5. The van der Waals surface area contributed by atoms with Crippen molar-refractivity contribution in [3.8, 4) is 0 Å². The second kappa shape index (κ2) is 7.53. The number of aromatic nitrogens is 1. The van der Waals surface area contributed by atoms with Gasteiger partial charge >= 0.3 is 0 Å². The molecule has 1 saturated carbocycles. The summed E-state index contributed by atoms with van der Waals surface area (Å²) in [5.74, 6) is 0.176. The third-order valence-electron chi connectivity index (χ3n) is 3.69. The number of hydrogen-bond acceptors (Lipinski definition) is 3. The Labute approximate surface area is 119 Å². The molecule has 0 spiro atoms. The molecule has 19 heavy (non-hydrogen) atoms. The summed E-state index contributed by atoms with van der Waals surface area (Å²) in [6.07, 6.45) is 11.9. The lowest BCUT2D eigenvalue weighted by Gasteiger charge is -2.28. The highest BCUT2D eigenvalue weighted by molar-refractivity contribution is 7.99. The first-order valence-corrected chi connectivity index (χ1v) is 8.28. The standard InChI is InChI=1S/C15H22N2OS/c1-19-14-6-2-5-13(10-14)17-15(18)8-7-12-4-3-9-16-11-12/h3-4,9,11,13-14H,2,5-8,10H2,1H3,(H,17,18)/t13-,14+/m0/s1. The van der Waals surface area contributed by atoms with Gasteiger partial charge in [-0.2, -0.15) is 11.8 Å². The summed E-state index contributed by atoms with van der Waals surface area (Å²) in [7, 11) is 0. The van der Waals surface area contributed by atoms with Gasteiger partial charge in [-0.1, -0.05) is 12.5 Å². The van der Waals surface area contributed by atoms with Crippen LogP contribution in [0.3, 0.4) is 0 Å². The molecule has 1 amide bonds. The van der Waals surface area contributed by atoms with Gasteiger partial charge in [-0.15, -0.1) is 0 Å². The first-order chi connectivity index (χ1) is 9.28. The number of carbonyl (C=O) groups excluding carboxylic acids is 1. The summed E-state index contributed by atoms with van der Waals surface area (Å²) < 4.78 is 0. The van der Waals surface area contributed by atoms with Crippen LogP contribution in [-0.2, 0) is 11.2 Å². The van der Waals surface area contributed by atoms with Crippen molar-refractivity contribution in [3.63, 3.8) is 0 Å². The zero-order valence-corrected chi connectivity index (χ0v) is 12.3. The van der Waals surface area contributed by atoms with Gasteiger partial charge in [-0.3, -0.25) is 9.78 Å². The summed E-state index contributed by atoms with van der Waals surface area (Å²) in [6, 6.07) is 4.31. The van der Waals surface area contributed by atoms with Crippen LogP contribution in [0.5, 0.6) is 0 Å². The van der Waals surface area contributed by atoms with E-state index < -0.39 is 0 Å². The van der Waals surface area contributed by atoms with Gasteiger partial charge in [-0.05, 0) is 43.6 Å². The highest BCUT2D eigenvalue weighted by Crippen LogP contribution is 2.26. The minimum absolute atomic E-state index is 0.176. The summed E-state index contributed by atoms with van der Waals surface area (Å²) in [5, 5.41) is 3.90. The first kappa shape index (κ1) is 14.4. The molecule has 1 aromatic rings. The van der Waals surface area contributed by atoms with Crippen molar-refractivity contribution in [3.05, 3.63) is 30.1 Å². The van der Waals surface area contributed by atoms with E-state index in [-0.39, 0.29) is 5.91 Å². The minimum atomic E-state index is 0.176. The van der Waals surface area contributed by atoms with Crippen molar-refractivity contribution < 1.29 is 4.79 Å². The van der Waals surface area contributed by atoms with Crippen molar-refractivity contribution in [2.45, 2.75) is 49.8 Å². The van der Waals surface area contributed by atoms with Gasteiger partial charge in [0.15, 0.2) is 0 Å². The number of nitrogens with one attached hydrogen (secondary N) is 1. The van der Waals surface area contributed by atoms with Crippen LogP contribution in [0.2, 0.25) is 0 Å². The Kier molecular flexibility index (Phi) is 5.70. The Bertz CT molecular complexity index is 396. The number of aryl methyl sites for hydroxylation is 1. The fraction of sp³-hybridized carbons (Fsp3) is 0.600. The van der Waals surface area contributed by atoms with E-state index >= 15 is 0 Å². The van der Waals surface area contributed by atoms with Gasteiger partial charge in [-0.25, -0.2) is 0 Å². The maximum Gasteiger partial charge on any atom is 0.220 e. The van der Waals surface area contributed by atoms with Crippen LogP contribution in [0.15, 0.2) is 24.5 Å². The predicted octanol–water partition coefficient (Wildman–Crippen LogP) is 2.80. The molecule has 1 N–H and O–H groups in total. The molecule has 1 heterocycles. The minimum Gasteiger partial charge on any atom is -0.353 e. The molecule has 0 unspecified atom stereocenters. The maximum atomic E-state index is 11.9. The van der Waals surface area contributed by atoms with E-state index in [0.717, 1.165) is 30.1 Å². The summed E-state index contributed by atoms with van der Waals surface area (Å²) in [5.41, 5.74) is 1.13. The van der Waals surface area contributed by atoms with Crippen LogP contribution in [0.4, 0.5) is 0 Å². The van der Waals surface area contributed by atoms with Crippen LogP contribution in [0, 0.1) is 0 Å². The smallest absolute Gasteiger partial charge is 0.220 e. The summed E-state index contributed by atoms with van der Waals surface area (Å²) >= 11 is 1.93. The van der Waals surface area contributed by atoms with Crippen molar-refractivity contribution in [1.82, 2.24) is 10.3 Å². The number of nitrogens with zero attached hydrogens (tertiary/aromatic N) is 1. The van der Waals surface area contributed by atoms with Crippen LogP contribution >= 0.6 is 11.8 Å². The molecule has 1 fully saturated rings. The molecule has 0 saturated heterocycles. The molecule has 0 aliphatic heterocycles. The fourth-order valence-electron chi connectivity index (χ4n) is 2.59. The molecular formula is C15H22N2OS. The Balaban J connectivity index is 1.72. The fourth-order valence-corrected chi connectivity index (χ4v) is 3.42. The molecule has 104 valence electrons. The molecule has 4 heteroatoms. The lowest BCUT2D eigenvalue weighted by Crippen LogP contribution is -2.39. The van der Waals surface area contributed by atoms with E-state index in [0.29, 0.717) is 12.5 Å². The van der Waals surface area contributed by atoms with Gasteiger partial charge in [0.25, 0.3) is 0 Å². The highest BCUT2D eigenvalue weighted by atomic mass is 32.2. The van der Waals surface area contributed by atoms with E-state index in [4.69, 9.17) is 0 Å². The van der Waals surface area contributed by atoms with Gasteiger partial charge < -0.3 is 5.32 Å². The zero-order chi connectivity index (χ0) is 13.5. The molecule has 0 aromatic carbocycles. The normalized spacial score (nSPS) is 23.0. The topological polar surface area (TPSA) is 42.0 Å². The zero-order valence-electron chi connectivity index (χ0n) is 11.5.